The van der Waals surface area contributed by atoms with Crippen LogP contribution in [0.2, 0.25) is 5.02 Å². The standard InChI is InChI=1S/C27H28ClN5O/c1-31-14-6-11-25(31)24-18-26(33(30-24)23-10-5-9-21(28)17-23)27(34)29-22-12-15-32(16-13-22)19-20-7-3-2-4-8-20/h2-11,14,17-18,22H,12-13,15-16,19H2,1H3,(H,29,34). The van der Waals surface area contributed by atoms with Gasteiger partial charge in [-0.1, -0.05) is 48.0 Å². The highest BCUT2D eigenvalue weighted by Gasteiger charge is 2.24. The van der Waals surface area contributed by atoms with Gasteiger partial charge in [-0.25, -0.2) is 4.68 Å². The van der Waals surface area contributed by atoms with E-state index in [-0.39, 0.29) is 11.9 Å². The Morgan fingerprint density at radius 3 is 2.53 bits per heavy atom. The molecule has 0 bridgehead atoms. The van der Waals surface area contributed by atoms with Crippen LogP contribution in [0.4, 0.5) is 0 Å². The van der Waals surface area contributed by atoms with Gasteiger partial charge in [0.1, 0.15) is 11.4 Å². The Bertz CT molecular complexity index is 1270. The number of hydrogen-bond acceptors (Lipinski definition) is 3. The van der Waals surface area contributed by atoms with Crippen molar-refractivity contribution in [2.75, 3.05) is 13.1 Å². The molecule has 0 saturated carbocycles. The summed E-state index contributed by atoms with van der Waals surface area (Å²) in [5.41, 5.74) is 4.28. The lowest BCUT2D eigenvalue weighted by Crippen LogP contribution is -2.44. The van der Waals surface area contributed by atoms with Crippen molar-refractivity contribution in [3.8, 4) is 17.1 Å². The monoisotopic (exact) mass is 473 g/mol. The van der Waals surface area contributed by atoms with E-state index < -0.39 is 0 Å². The summed E-state index contributed by atoms with van der Waals surface area (Å²) in [6.45, 7) is 2.87. The van der Waals surface area contributed by atoms with Crippen molar-refractivity contribution in [2.24, 2.45) is 7.05 Å². The summed E-state index contributed by atoms with van der Waals surface area (Å²) in [5.74, 6) is -0.116. The first-order chi connectivity index (χ1) is 16.6. The van der Waals surface area contributed by atoms with E-state index in [9.17, 15) is 4.79 Å². The number of rotatable bonds is 6. The number of piperidine rings is 1. The summed E-state index contributed by atoms with van der Waals surface area (Å²) >= 11 is 6.24. The van der Waals surface area contributed by atoms with E-state index in [1.165, 1.54) is 5.56 Å². The molecule has 1 saturated heterocycles. The first-order valence-electron chi connectivity index (χ1n) is 11.6. The zero-order chi connectivity index (χ0) is 23.5. The number of halogens is 1. The van der Waals surface area contributed by atoms with E-state index in [2.05, 4.69) is 34.5 Å². The van der Waals surface area contributed by atoms with Gasteiger partial charge in [0, 0.05) is 43.9 Å². The Hall–Kier alpha value is -3.35. The average molecular weight is 474 g/mol. The quantitative estimate of drug-likeness (QED) is 0.432. The summed E-state index contributed by atoms with van der Waals surface area (Å²) in [6, 6.07) is 23.9. The van der Waals surface area contributed by atoms with Gasteiger partial charge in [-0.05, 0) is 54.8 Å². The van der Waals surface area contributed by atoms with Crippen LogP contribution in [0.5, 0.6) is 0 Å². The number of benzene rings is 2. The third-order valence-corrected chi connectivity index (χ3v) is 6.61. The Kier molecular flexibility index (Phi) is 6.52. The number of aryl methyl sites for hydroxylation is 1. The lowest BCUT2D eigenvalue weighted by atomic mass is 10.0. The van der Waals surface area contributed by atoms with Gasteiger partial charge < -0.3 is 9.88 Å². The normalized spacial score (nSPS) is 14.9. The molecule has 0 radical (unpaired) electrons. The van der Waals surface area contributed by atoms with E-state index >= 15 is 0 Å². The number of carbonyl (C=O) groups excluding carboxylic acids is 1. The fourth-order valence-corrected chi connectivity index (χ4v) is 4.72. The Morgan fingerprint density at radius 2 is 1.82 bits per heavy atom. The molecule has 2 aromatic carbocycles. The van der Waals surface area contributed by atoms with Crippen LogP contribution in [0, 0.1) is 0 Å². The minimum absolute atomic E-state index is 0.116. The second kappa shape index (κ2) is 9.87. The van der Waals surface area contributed by atoms with Crippen LogP contribution in [0.25, 0.3) is 17.1 Å². The maximum absolute atomic E-state index is 13.4. The number of nitrogens with one attached hydrogen (secondary N) is 1. The molecule has 1 aliphatic heterocycles. The molecule has 1 fully saturated rings. The lowest BCUT2D eigenvalue weighted by Gasteiger charge is -2.32. The molecule has 5 rings (SSSR count). The molecule has 34 heavy (non-hydrogen) atoms. The minimum atomic E-state index is -0.116. The molecule has 1 amide bonds. The van der Waals surface area contributed by atoms with Crippen molar-refractivity contribution in [2.45, 2.75) is 25.4 Å². The van der Waals surface area contributed by atoms with Crippen molar-refractivity contribution < 1.29 is 4.79 Å². The van der Waals surface area contributed by atoms with E-state index in [1.807, 2.05) is 66.3 Å². The van der Waals surface area contributed by atoms with Crippen LogP contribution >= 0.6 is 11.6 Å². The second-order valence-corrected chi connectivity index (χ2v) is 9.26. The summed E-state index contributed by atoms with van der Waals surface area (Å²) in [5, 5.41) is 8.62. The summed E-state index contributed by atoms with van der Waals surface area (Å²) in [4.78, 5) is 15.9. The molecular weight excluding hydrogens is 446 g/mol. The predicted molar refractivity (Wildman–Crippen MR) is 135 cm³/mol. The van der Waals surface area contributed by atoms with Crippen molar-refractivity contribution in [1.82, 2.24) is 24.6 Å². The van der Waals surface area contributed by atoms with Gasteiger partial charge in [0.25, 0.3) is 5.91 Å². The summed E-state index contributed by atoms with van der Waals surface area (Å²) < 4.78 is 3.68. The third-order valence-electron chi connectivity index (χ3n) is 6.37. The van der Waals surface area contributed by atoms with Crippen molar-refractivity contribution in [1.29, 1.82) is 0 Å². The van der Waals surface area contributed by atoms with Gasteiger partial charge in [0.05, 0.1) is 11.4 Å². The molecule has 174 valence electrons. The van der Waals surface area contributed by atoms with E-state index in [0.717, 1.165) is 49.6 Å². The Labute approximate surface area is 204 Å². The van der Waals surface area contributed by atoms with Crippen molar-refractivity contribution in [3.63, 3.8) is 0 Å². The van der Waals surface area contributed by atoms with Crippen molar-refractivity contribution in [3.05, 3.63) is 95.3 Å². The smallest absolute Gasteiger partial charge is 0.270 e. The number of nitrogens with zero attached hydrogens (tertiary/aromatic N) is 4. The highest BCUT2D eigenvalue weighted by molar-refractivity contribution is 6.30. The molecule has 3 heterocycles. The van der Waals surface area contributed by atoms with Gasteiger partial charge >= 0.3 is 0 Å². The van der Waals surface area contributed by atoms with Gasteiger partial charge in [-0.15, -0.1) is 0 Å². The maximum atomic E-state index is 13.4. The molecule has 6 nitrogen and oxygen atoms in total. The fraction of sp³-hybridized carbons (Fsp3) is 0.259. The number of likely N-dealkylation sites (tertiary alicyclic amines) is 1. The molecule has 0 spiro atoms. The summed E-state index contributed by atoms with van der Waals surface area (Å²) in [7, 11) is 1.97. The minimum Gasteiger partial charge on any atom is -0.349 e. The van der Waals surface area contributed by atoms with Gasteiger partial charge in [-0.2, -0.15) is 5.10 Å². The largest absolute Gasteiger partial charge is 0.349 e. The first-order valence-corrected chi connectivity index (χ1v) is 12.0. The van der Waals surface area contributed by atoms with E-state index in [4.69, 9.17) is 16.7 Å². The van der Waals surface area contributed by atoms with Crippen molar-refractivity contribution >= 4 is 17.5 Å². The van der Waals surface area contributed by atoms with Crippen LogP contribution in [0.15, 0.2) is 79.0 Å². The Balaban J connectivity index is 1.32. The van der Waals surface area contributed by atoms with Crippen LogP contribution < -0.4 is 5.32 Å². The average Bonchev–Trinajstić information content (AvgIpc) is 3.47. The number of aromatic nitrogens is 3. The molecule has 2 aromatic heterocycles. The summed E-state index contributed by atoms with van der Waals surface area (Å²) in [6.07, 6.45) is 3.82. The highest BCUT2D eigenvalue weighted by Crippen LogP contribution is 2.24. The Morgan fingerprint density at radius 1 is 1.03 bits per heavy atom. The highest BCUT2D eigenvalue weighted by atomic mass is 35.5. The third kappa shape index (κ3) is 4.93. The van der Waals surface area contributed by atoms with Gasteiger partial charge in [0.15, 0.2) is 0 Å². The topological polar surface area (TPSA) is 55.1 Å². The second-order valence-electron chi connectivity index (χ2n) is 8.82. The predicted octanol–water partition coefficient (Wildman–Crippen LogP) is 4.93. The number of hydrogen-bond donors (Lipinski definition) is 1. The molecule has 1 N–H and O–H groups in total. The van der Waals surface area contributed by atoms with Crippen LogP contribution in [-0.2, 0) is 13.6 Å². The van der Waals surface area contributed by atoms with E-state index in [1.54, 1.807) is 4.68 Å². The van der Waals surface area contributed by atoms with Gasteiger partial charge in [-0.3, -0.25) is 9.69 Å². The zero-order valence-corrected chi connectivity index (χ0v) is 19.9. The number of carbonyl (C=O) groups is 1. The van der Waals surface area contributed by atoms with E-state index in [0.29, 0.717) is 10.7 Å². The van der Waals surface area contributed by atoms with Crippen LogP contribution in [0.3, 0.4) is 0 Å². The molecule has 1 aliphatic rings. The first kappa shape index (κ1) is 22.4. The maximum Gasteiger partial charge on any atom is 0.270 e. The lowest BCUT2D eigenvalue weighted by molar-refractivity contribution is 0.0901. The van der Waals surface area contributed by atoms with Gasteiger partial charge in [0.2, 0.25) is 0 Å². The fourth-order valence-electron chi connectivity index (χ4n) is 4.54. The molecule has 4 aromatic rings. The molecule has 0 atom stereocenters. The van der Waals surface area contributed by atoms with Crippen LogP contribution in [-0.4, -0.2) is 44.3 Å². The molecule has 0 aliphatic carbocycles. The van der Waals surface area contributed by atoms with Crippen LogP contribution in [0.1, 0.15) is 28.9 Å². The molecule has 7 heteroatoms. The molecule has 0 unspecified atom stereocenters. The SMILES string of the molecule is Cn1cccc1-c1cc(C(=O)NC2CCN(Cc3ccccc3)CC2)n(-c2cccc(Cl)c2)n1. The number of amides is 1. The molecular formula is C27H28ClN5O. The zero-order valence-electron chi connectivity index (χ0n) is 19.2.